The van der Waals surface area contributed by atoms with Crippen molar-refractivity contribution in [3.05, 3.63) is 224 Å². The molecule has 3 nitrogen and oxygen atoms in total. The Morgan fingerprint density at radius 2 is 0.758 bits per heavy atom. The average molecular weight is 788 g/mol. The van der Waals surface area contributed by atoms with Crippen molar-refractivity contribution in [2.24, 2.45) is 0 Å². The zero-order chi connectivity index (χ0) is 41.0. The lowest BCUT2D eigenvalue weighted by Crippen LogP contribution is -1.95. The summed E-state index contributed by atoms with van der Waals surface area (Å²) in [5, 5.41) is 9.39. The highest BCUT2D eigenvalue weighted by Gasteiger charge is 2.18. The van der Waals surface area contributed by atoms with Gasteiger partial charge in [-0.1, -0.05) is 182 Å². The van der Waals surface area contributed by atoms with Gasteiger partial charge in [0.05, 0.1) is 22.4 Å². The van der Waals surface area contributed by atoms with Crippen molar-refractivity contribution in [2.75, 3.05) is 0 Å². The maximum absolute atomic E-state index is 5.38. The van der Waals surface area contributed by atoms with E-state index in [1.807, 2.05) is 12.1 Å². The molecule has 0 aliphatic rings. The number of pyridine rings is 1. The summed E-state index contributed by atoms with van der Waals surface area (Å²) in [6, 6.07) is 80.0. The van der Waals surface area contributed by atoms with E-state index in [-0.39, 0.29) is 0 Å². The molecule has 0 amide bonds. The van der Waals surface area contributed by atoms with Crippen LogP contribution >= 0.6 is 0 Å². The maximum atomic E-state index is 5.38. The first-order valence-corrected chi connectivity index (χ1v) is 21.1. The summed E-state index contributed by atoms with van der Waals surface area (Å²) in [5.74, 6) is 0.706. The normalized spacial score (nSPS) is 11.5. The van der Waals surface area contributed by atoms with Gasteiger partial charge in [0.25, 0.3) is 0 Å². The third-order valence-corrected chi connectivity index (χ3v) is 12.2. The molecule has 0 bridgehead atoms. The monoisotopic (exact) mass is 787 g/mol. The van der Waals surface area contributed by atoms with Gasteiger partial charge < -0.3 is 0 Å². The molecule has 0 atom stereocenters. The zero-order valence-electron chi connectivity index (χ0n) is 33.7. The van der Waals surface area contributed by atoms with E-state index < -0.39 is 0 Å². The van der Waals surface area contributed by atoms with Crippen LogP contribution in [0.15, 0.2) is 224 Å². The molecule has 0 unspecified atom stereocenters. The largest absolute Gasteiger partial charge is 0.247 e. The van der Waals surface area contributed by atoms with Crippen LogP contribution in [0.25, 0.3) is 121 Å². The number of hydrogen-bond donors (Lipinski definition) is 0. The summed E-state index contributed by atoms with van der Waals surface area (Å²) in [6.07, 6.45) is 0. The molecule has 10 aromatic carbocycles. The van der Waals surface area contributed by atoms with Gasteiger partial charge in [0.1, 0.15) is 0 Å². The zero-order valence-corrected chi connectivity index (χ0v) is 33.7. The molecule has 0 fully saturated rings. The molecular weight excluding hydrogens is 751 g/mol. The van der Waals surface area contributed by atoms with Crippen molar-refractivity contribution in [2.45, 2.75) is 0 Å². The van der Waals surface area contributed by atoms with Crippen LogP contribution in [0.3, 0.4) is 0 Å². The van der Waals surface area contributed by atoms with Crippen molar-refractivity contribution in [3.63, 3.8) is 0 Å². The van der Waals surface area contributed by atoms with Gasteiger partial charge in [-0.15, -0.1) is 0 Å². The molecule has 3 heteroatoms. The van der Waals surface area contributed by atoms with Crippen LogP contribution in [0, 0.1) is 0 Å². The van der Waals surface area contributed by atoms with Gasteiger partial charge in [0.2, 0.25) is 0 Å². The van der Waals surface area contributed by atoms with E-state index in [9.17, 15) is 0 Å². The van der Waals surface area contributed by atoms with E-state index >= 15 is 0 Å². The van der Waals surface area contributed by atoms with Crippen LogP contribution in [-0.2, 0) is 0 Å². The molecule has 12 rings (SSSR count). The number of nitrogens with zero attached hydrogens (tertiary/aromatic N) is 3. The predicted octanol–water partition coefficient (Wildman–Crippen LogP) is 15.6. The molecular formula is C59H37N3. The van der Waals surface area contributed by atoms with Gasteiger partial charge in [-0.2, -0.15) is 0 Å². The van der Waals surface area contributed by atoms with E-state index in [2.05, 4.69) is 212 Å². The van der Waals surface area contributed by atoms with Crippen molar-refractivity contribution in [1.82, 2.24) is 15.0 Å². The quantitative estimate of drug-likeness (QED) is 0.158. The molecule has 0 saturated carbocycles. The second-order valence-corrected chi connectivity index (χ2v) is 16.0. The molecule has 2 heterocycles. The minimum atomic E-state index is 0.706. The van der Waals surface area contributed by atoms with Crippen LogP contribution in [-0.4, -0.2) is 15.0 Å². The third-order valence-electron chi connectivity index (χ3n) is 12.2. The predicted molar refractivity (Wildman–Crippen MR) is 260 cm³/mol. The standard InChI is InChI=1S/C59H37N3/c1-2-15-38(16-3-1)41-19-14-24-47(36-41)59-61-55-30-11-9-28-51(55)57(62-59)45-23-13-21-43(35-45)42-20-12-22-44(33-42)52-37-53-56(49-26-7-6-25-48(49)52)50-27-8-10-29-54(50)60-58(53)46-32-31-39-17-4-5-18-40(39)34-46/h1-37H. The SMILES string of the molecule is c1ccc(-c2cccc(-c3nc(-c4cccc(-c5cccc(-c6cc7c(-c8ccc9ccccc9c8)nc8ccccc8c7c7ccccc67)c5)c4)c4ccccc4n3)c2)cc1. The fourth-order valence-electron chi connectivity index (χ4n) is 9.22. The fraction of sp³-hybridized carbons (Fsp3) is 0. The molecule has 0 spiro atoms. The smallest absolute Gasteiger partial charge is 0.160 e. The fourth-order valence-corrected chi connectivity index (χ4v) is 9.22. The van der Waals surface area contributed by atoms with E-state index in [0.29, 0.717) is 5.82 Å². The molecule has 0 N–H and O–H groups in total. The highest BCUT2D eigenvalue weighted by molar-refractivity contribution is 6.25. The number of benzene rings is 10. The summed E-state index contributed by atoms with van der Waals surface area (Å²) in [4.78, 5) is 15.8. The first-order valence-electron chi connectivity index (χ1n) is 21.1. The van der Waals surface area contributed by atoms with Crippen molar-refractivity contribution < 1.29 is 0 Å². The van der Waals surface area contributed by atoms with E-state index in [1.165, 1.54) is 32.5 Å². The Bertz CT molecular complexity index is 3700. The van der Waals surface area contributed by atoms with Gasteiger partial charge in [-0.05, 0) is 97.4 Å². The van der Waals surface area contributed by atoms with Crippen LogP contribution in [0.4, 0.5) is 0 Å². The lowest BCUT2D eigenvalue weighted by atomic mass is 9.88. The second-order valence-electron chi connectivity index (χ2n) is 16.0. The second kappa shape index (κ2) is 14.8. The molecule has 2 aromatic heterocycles. The first kappa shape index (κ1) is 35.7. The molecule has 0 aliphatic carbocycles. The van der Waals surface area contributed by atoms with E-state index in [1.54, 1.807) is 0 Å². The Balaban J connectivity index is 1.00. The summed E-state index contributed by atoms with van der Waals surface area (Å²) >= 11 is 0. The lowest BCUT2D eigenvalue weighted by molar-refractivity contribution is 1.23. The molecule has 0 aliphatic heterocycles. The van der Waals surface area contributed by atoms with Gasteiger partial charge >= 0.3 is 0 Å². The Kier molecular flexibility index (Phi) is 8.50. The Hall–Kier alpha value is -8.27. The minimum absolute atomic E-state index is 0.706. The van der Waals surface area contributed by atoms with Gasteiger partial charge in [0, 0.05) is 38.2 Å². The number of aromatic nitrogens is 3. The number of rotatable bonds is 6. The third kappa shape index (κ3) is 6.18. The van der Waals surface area contributed by atoms with Gasteiger partial charge in [-0.25, -0.2) is 15.0 Å². The lowest BCUT2D eigenvalue weighted by Gasteiger charge is -2.17. The summed E-state index contributed by atoms with van der Waals surface area (Å²) < 4.78 is 0. The molecule has 62 heavy (non-hydrogen) atoms. The minimum Gasteiger partial charge on any atom is -0.247 e. The van der Waals surface area contributed by atoms with Crippen LogP contribution in [0.5, 0.6) is 0 Å². The Labute approximate surface area is 359 Å². The van der Waals surface area contributed by atoms with Crippen LogP contribution in [0.1, 0.15) is 0 Å². The summed E-state index contributed by atoms with van der Waals surface area (Å²) in [5.41, 5.74) is 13.8. The highest BCUT2D eigenvalue weighted by Crippen LogP contribution is 2.43. The topological polar surface area (TPSA) is 38.7 Å². The highest BCUT2D eigenvalue weighted by atomic mass is 14.9. The van der Waals surface area contributed by atoms with Crippen molar-refractivity contribution in [1.29, 1.82) is 0 Å². The maximum Gasteiger partial charge on any atom is 0.160 e. The van der Waals surface area contributed by atoms with Gasteiger partial charge in [0.15, 0.2) is 5.82 Å². The van der Waals surface area contributed by atoms with Crippen molar-refractivity contribution in [3.8, 4) is 67.3 Å². The van der Waals surface area contributed by atoms with Crippen molar-refractivity contribution >= 4 is 54.1 Å². The molecule has 12 aromatic rings. The number of hydrogen-bond acceptors (Lipinski definition) is 3. The molecule has 0 radical (unpaired) electrons. The average Bonchev–Trinajstić information content (AvgIpc) is 3.35. The first-order chi connectivity index (χ1) is 30.7. The summed E-state index contributed by atoms with van der Waals surface area (Å²) in [7, 11) is 0. The van der Waals surface area contributed by atoms with E-state index in [4.69, 9.17) is 15.0 Å². The molecule has 288 valence electrons. The molecule has 0 saturated heterocycles. The van der Waals surface area contributed by atoms with E-state index in [0.717, 1.165) is 83.1 Å². The summed E-state index contributed by atoms with van der Waals surface area (Å²) in [6.45, 7) is 0. The Morgan fingerprint density at radius 1 is 0.242 bits per heavy atom. The Morgan fingerprint density at radius 3 is 1.55 bits per heavy atom. The number of para-hydroxylation sites is 2. The number of fused-ring (bicyclic) bond motifs is 7. The van der Waals surface area contributed by atoms with Gasteiger partial charge in [-0.3, -0.25) is 0 Å². The van der Waals surface area contributed by atoms with Crippen LogP contribution < -0.4 is 0 Å². The van der Waals surface area contributed by atoms with Crippen LogP contribution in [0.2, 0.25) is 0 Å².